The number of hydrogen-bond donors (Lipinski definition) is 0. The van der Waals surface area contributed by atoms with Crippen molar-refractivity contribution in [3.05, 3.63) is 120 Å². The minimum atomic E-state index is 1.03. The van der Waals surface area contributed by atoms with E-state index in [1.807, 2.05) is 6.08 Å². The lowest BCUT2D eigenvalue weighted by molar-refractivity contribution is -0.966. The molecule has 0 saturated heterocycles. The molecule has 0 aliphatic rings. The fourth-order valence-corrected chi connectivity index (χ4v) is 3.89. The fourth-order valence-electron chi connectivity index (χ4n) is 3.89. The Labute approximate surface area is 164 Å². The molecular formula is C26H30N+. The Hall–Kier alpha value is -2.64. The van der Waals surface area contributed by atoms with E-state index >= 15 is 0 Å². The van der Waals surface area contributed by atoms with E-state index in [4.69, 9.17) is 0 Å². The van der Waals surface area contributed by atoms with E-state index in [2.05, 4.69) is 97.6 Å². The molecule has 0 saturated carbocycles. The number of unbranched alkanes of at least 4 members (excludes halogenated alkanes) is 1. The minimum absolute atomic E-state index is 1.03. The molecule has 0 radical (unpaired) electrons. The lowest BCUT2D eigenvalue weighted by atomic mass is 10.1. The second-order valence-electron chi connectivity index (χ2n) is 7.43. The first-order chi connectivity index (χ1) is 13.3. The lowest BCUT2D eigenvalue weighted by Crippen LogP contribution is -2.46. The molecule has 3 rings (SSSR count). The number of benzene rings is 3. The molecule has 0 heterocycles. The maximum absolute atomic E-state index is 3.93. The van der Waals surface area contributed by atoms with Crippen LogP contribution in [0.5, 0.6) is 0 Å². The zero-order valence-electron chi connectivity index (χ0n) is 16.1. The van der Waals surface area contributed by atoms with Crippen LogP contribution in [0.4, 0.5) is 0 Å². The molecule has 0 amide bonds. The van der Waals surface area contributed by atoms with Gasteiger partial charge in [-0.3, -0.25) is 0 Å². The average Bonchev–Trinajstić information content (AvgIpc) is 2.70. The van der Waals surface area contributed by atoms with Crippen LogP contribution in [0, 0.1) is 0 Å². The van der Waals surface area contributed by atoms with E-state index < -0.39 is 0 Å². The molecule has 1 nitrogen and oxygen atoms in total. The lowest BCUT2D eigenvalue weighted by Gasteiger charge is -2.39. The largest absolute Gasteiger partial charge is 0.312 e. The minimum Gasteiger partial charge on any atom is -0.312 e. The smallest absolute Gasteiger partial charge is 0.105 e. The molecule has 1 heteroatoms. The third-order valence-electron chi connectivity index (χ3n) is 5.12. The van der Waals surface area contributed by atoms with Gasteiger partial charge in [-0.2, -0.15) is 0 Å². The Bertz CT molecular complexity index is 692. The van der Waals surface area contributed by atoms with E-state index in [1.165, 1.54) is 16.7 Å². The molecule has 0 bridgehead atoms. The maximum atomic E-state index is 3.93. The number of quaternary nitrogens is 1. The first-order valence-corrected chi connectivity index (χ1v) is 9.87. The second-order valence-corrected chi connectivity index (χ2v) is 7.43. The zero-order chi connectivity index (χ0) is 18.8. The number of allylic oxidation sites excluding steroid dienone is 1. The van der Waals surface area contributed by atoms with Crippen LogP contribution in [-0.4, -0.2) is 11.0 Å². The van der Waals surface area contributed by atoms with Crippen molar-refractivity contribution in [3.8, 4) is 0 Å². The van der Waals surface area contributed by atoms with E-state index in [9.17, 15) is 0 Å². The van der Waals surface area contributed by atoms with Gasteiger partial charge in [0, 0.05) is 23.1 Å². The van der Waals surface area contributed by atoms with Gasteiger partial charge in [0.25, 0.3) is 0 Å². The molecular weight excluding hydrogens is 326 g/mol. The Balaban J connectivity index is 1.94. The highest BCUT2D eigenvalue weighted by Gasteiger charge is 2.28. The van der Waals surface area contributed by atoms with Crippen molar-refractivity contribution >= 4 is 0 Å². The molecule has 0 unspecified atom stereocenters. The van der Waals surface area contributed by atoms with Crippen molar-refractivity contribution < 1.29 is 4.48 Å². The van der Waals surface area contributed by atoms with Crippen molar-refractivity contribution in [1.29, 1.82) is 0 Å². The van der Waals surface area contributed by atoms with Crippen LogP contribution in [0.3, 0.4) is 0 Å². The monoisotopic (exact) mass is 356 g/mol. The summed E-state index contributed by atoms with van der Waals surface area (Å²) in [5.41, 5.74) is 4.22. The van der Waals surface area contributed by atoms with Crippen LogP contribution in [0.15, 0.2) is 104 Å². The standard InChI is InChI=1S/C26H30N/c1-2-3-13-20-27(21-24-14-7-4-8-15-24,22-25-16-9-5-10-17-25)23-26-18-11-6-12-19-26/h2,4-12,14-19H,1,3,13,20-23H2/q+1. The highest BCUT2D eigenvalue weighted by molar-refractivity contribution is 5.17. The van der Waals surface area contributed by atoms with Crippen molar-refractivity contribution in [3.63, 3.8) is 0 Å². The van der Waals surface area contributed by atoms with Crippen LogP contribution in [0.2, 0.25) is 0 Å². The number of rotatable bonds is 10. The molecule has 138 valence electrons. The highest BCUT2D eigenvalue weighted by atomic mass is 15.3. The first-order valence-electron chi connectivity index (χ1n) is 9.87. The quantitative estimate of drug-likeness (QED) is 0.225. The van der Waals surface area contributed by atoms with Gasteiger partial charge < -0.3 is 4.48 Å². The first kappa shape index (κ1) is 19.1. The van der Waals surface area contributed by atoms with Crippen molar-refractivity contribution in [2.75, 3.05) is 6.54 Å². The molecule has 0 N–H and O–H groups in total. The van der Waals surface area contributed by atoms with Gasteiger partial charge in [0.15, 0.2) is 0 Å². The summed E-state index contributed by atoms with van der Waals surface area (Å²) >= 11 is 0. The Morgan fingerprint density at radius 3 is 1.30 bits per heavy atom. The van der Waals surface area contributed by atoms with Crippen LogP contribution in [0.25, 0.3) is 0 Å². The van der Waals surface area contributed by atoms with E-state index in [0.29, 0.717) is 0 Å². The van der Waals surface area contributed by atoms with Crippen LogP contribution >= 0.6 is 0 Å². The van der Waals surface area contributed by atoms with Gasteiger partial charge in [-0.25, -0.2) is 0 Å². The molecule has 0 spiro atoms. The molecule has 0 aromatic heterocycles. The number of nitrogens with zero attached hydrogens (tertiary/aromatic N) is 1. The van der Waals surface area contributed by atoms with E-state index in [-0.39, 0.29) is 0 Å². The van der Waals surface area contributed by atoms with Gasteiger partial charge >= 0.3 is 0 Å². The summed E-state index contributed by atoms with van der Waals surface area (Å²) < 4.78 is 1.03. The fraction of sp³-hybridized carbons (Fsp3) is 0.231. The van der Waals surface area contributed by atoms with E-state index in [0.717, 1.165) is 43.5 Å². The maximum Gasteiger partial charge on any atom is 0.105 e. The summed E-state index contributed by atoms with van der Waals surface area (Å²) in [5, 5.41) is 0. The van der Waals surface area contributed by atoms with Gasteiger partial charge in [0.05, 0.1) is 6.54 Å². The van der Waals surface area contributed by atoms with Gasteiger partial charge in [-0.15, -0.1) is 6.58 Å². The predicted octanol–water partition coefficient (Wildman–Crippen LogP) is 6.37. The van der Waals surface area contributed by atoms with E-state index in [1.54, 1.807) is 0 Å². The summed E-state index contributed by atoms with van der Waals surface area (Å²) in [6.07, 6.45) is 4.27. The van der Waals surface area contributed by atoms with Crippen molar-refractivity contribution in [1.82, 2.24) is 0 Å². The summed E-state index contributed by atoms with van der Waals surface area (Å²) in [5.74, 6) is 0. The summed E-state index contributed by atoms with van der Waals surface area (Å²) in [6.45, 7) is 8.20. The molecule has 0 aliphatic heterocycles. The predicted molar refractivity (Wildman–Crippen MR) is 115 cm³/mol. The van der Waals surface area contributed by atoms with Crippen LogP contribution in [-0.2, 0) is 19.6 Å². The molecule has 3 aromatic rings. The van der Waals surface area contributed by atoms with Crippen LogP contribution < -0.4 is 0 Å². The zero-order valence-corrected chi connectivity index (χ0v) is 16.1. The van der Waals surface area contributed by atoms with Gasteiger partial charge in [-0.05, 0) is 6.42 Å². The third-order valence-corrected chi connectivity index (χ3v) is 5.12. The molecule has 0 atom stereocenters. The Morgan fingerprint density at radius 1 is 0.593 bits per heavy atom. The molecule has 3 aromatic carbocycles. The molecule has 0 aliphatic carbocycles. The SMILES string of the molecule is C=CCCC[N+](Cc1ccccc1)(Cc1ccccc1)Cc1ccccc1. The Morgan fingerprint density at radius 2 is 0.963 bits per heavy atom. The van der Waals surface area contributed by atoms with Gasteiger partial charge in [0.2, 0.25) is 0 Å². The number of hydrogen-bond acceptors (Lipinski definition) is 0. The van der Waals surface area contributed by atoms with Gasteiger partial charge in [0.1, 0.15) is 19.6 Å². The third kappa shape index (κ3) is 5.94. The highest BCUT2D eigenvalue weighted by Crippen LogP contribution is 2.25. The van der Waals surface area contributed by atoms with Gasteiger partial charge in [-0.1, -0.05) is 97.1 Å². The van der Waals surface area contributed by atoms with Crippen LogP contribution in [0.1, 0.15) is 29.5 Å². The van der Waals surface area contributed by atoms with Crippen molar-refractivity contribution in [2.45, 2.75) is 32.5 Å². The summed E-state index contributed by atoms with van der Waals surface area (Å²) in [4.78, 5) is 0. The normalized spacial score (nSPS) is 11.3. The summed E-state index contributed by atoms with van der Waals surface area (Å²) in [7, 11) is 0. The second kappa shape index (κ2) is 9.89. The Kier molecular flexibility index (Phi) is 7.01. The molecule has 27 heavy (non-hydrogen) atoms. The van der Waals surface area contributed by atoms with Crippen molar-refractivity contribution in [2.24, 2.45) is 0 Å². The average molecular weight is 357 g/mol. The summed E-state index contributed by atoms with van der Waals surface area (Å²) in [6, 6.07) is 32.8. The topological polar surface area (TPSA) is 0 Å². The molecule has 0 fully saturated rings.